The summed E-state index contributed by atoms with van der Waals surface area (Å²) in [5.74, 6) is 0.557. The second-order valence-electron chi connectivity index (χ2n) is 4.56. The maximum absolute atomic E-state index is 12.7. The van der Waals surface area contributed by atoms with Crippen LogP contribution in [-0.2, 0) is 4.79 Å². The quantitative estimate of drug-likeness (QED) is 0.587. The van der Waals surface area contributed by atoms with E-state index in [2.05, 4.69) is 10.2 Å². The Kier molecular flexibility index (Phi) is 7.52. The average Bonchev–Trinajstić information content (AvgIpc) is 2.37. The SMILES string of the molecule is CN(C)CCCNC(=O)CCSc1ccc(F)cc1. The molecule has 0 saturated carbocycles. The molecule has 0 aliphatic carbocycles. The summed E-state index contributed by atoms with van der Waals surface area (Å²) in [6.07, 6.45) is 1.45. The van der Waals surface area contributed by atoms with Gasteiger partial charge in [-0.25, -0.2) is 4.39 Å². The molecule has 0 fully saturated rings. The molecule has 0 aliphatic heterocycles. The lowest BCUT2D eigenvalue weighted by Gasteiger charge is -2.09. The van der Waals surface area contributed by atoms with Gasteiger partial charge in [0, 0.05) is 23.6 Å². The normalized spacial score (nSPS) is 10.7. The first-order valence-electron chi connectivity index (χ1n) is 6.38. The van der Waals surface area contributed by atoms with Gasteiger partial charge in [0.2, 0.25) is 5.91 Å². The Morgan fingerprint density at radius 1 is 1.32 bits per heavy atom. The Morgan fingerprint density at radius 3 is 2.63 bits per heavy atom. The molecule has 0 aliphatic rings. The molecule has 0 saturated heterocycles. The van der Waals surface area contributed by atoms with Gasteiger partial charge in [-0.05, 0) is 51.3 Å². The minimum absolute atomic E-state index is 0.0772. The molecule has 1 aromatic rings. The number of amides is 1. The van der Waals surface area contributed by atoms with Crippen LogP contribution < -0.4 is 5.32 Å². The number of rotatable bonds is 8. The highest BCUT2D eigenvalue weighted by Gasteiger charge is 2.02. The van der Waals surface area contributed by atoms with Crippen molar-refractivity contribution in [1.29, 1.82) is 0 Å². The molecule has 0 aromatic heterocycles. The Balaban J connectivity index is 2.08. The van der Waals surface area contributed by atoms with Crippen molar-refractivity contribution in [3.8, 4) is 0 Å². The second-order valence-corrected chi connectivity index (χ2v) is 5.73. The van der Waals surface area contributed by atoms with Crippen LogP contribution in [0.15, 0.2) is 29.2 Å². The number of hydrogen-bond acceptors (Lipinski definition) is 3. The molecule has 1 amide bonds. The largest absolute Gasteiger partial charge is 0.356 e. The summed E-state index contributed by atoms with van der Waals surface area (Å²) >= 11 is 1.57. The first kappa shape index (κ1) is 16.0. The van der Waals surface area contributed by atoms with Gasteiger partial charge < -0.3 is 10.2 Å². The van der Waals surface area contributed by atoms with Crippen molar-refractivity contribution in [3.63, 3.8) is 0 Å². The number of halogens is 1. The van der Waals surface area contributed by atoms with E-state index < -0.39 is 0 Å². The van der Waals surface area contributed by atoms with Gasteiger partial charge in [0.15, 0.2) is 0 Å². The standard InChI is InChI=1S/C14H21FN2OS/c1-17(2)10-3-9-16-14(18)8-11-19-13-6-4-12(15)5-7-13/h4-7H,3,8-11H2,1-2H3,(H,16,18). The predicted molar refractivity (Wildman–Crippen MR) is 77.9 cm³/mol. The van der Waals surface area contributed by atoms with Crippen LogP contribution in [0.2, 0.25) is 0 Å². The molecule has 1 aromatic carbocycles. The number of carbonyl (C=O) groups excluding carboxylic acids is 1. The van der Waals surface area contributed by atoms with Gasteiger partial charge in [-0.3, -0.25) is 4.79 Å². The molecule has 1 N–H and O–H groups in total. The van der Waals surface area contributed by atoms with E-state index in [9.17, 15) is 9.18 Å². The van der Waals surface area contributed by atoms with Crippen LogP contribution in [0.3, 0.4) is 0 Å². The minimum Gasteiger partial charge on any atom is -0.356 e. The summed E-state index contributed by atoms with van der Waals surface area (Å²) in [7, 11) is 4.03. The molecule has 0 unspecified atom stereocenters. The van der Waals surface area contributed by atoms with Gasteiger partial charge in [-0.1, -0.05) is 0 Å². The molecule has 0 spiro atoms. The van der Waals surface area contributed by atoms with E-state index in [1.807, 2.05) is 14.1 Å². The van der Waals surface area contributed by atoms with Gasteiger partial charge in [-0.2, -0.15) is 0 Å². The zero-order valence-corrected chi connectivity index (χ0v) is 12.3. The van der Waals surface area contributed by atoms with Crippen molar-refractivity contribution in [2.75, 3.05) is 32.9 Å². The number of thioether (sulfide) groups is 1. The van der Waals surface area contributed by atoms with Crippen molar-refractivity contribution in [2.24, 2.45) is 0 Å². The monoisotopic (exact) mass is 284 g/mol. The van der Waals surface area contributed by atoms with Crippen molar-refractivity contribution in [3.05, 3.63) is 30.1 Å². The summed E-state index contributed by atoms with van der Waals surface area (Å²) in [4.78, 5) is 14.6. The van der Waals surface area contributed by atoms with E-state index in [0.717, 1.165) is 24.4 Å². The maximum Gasteiger partial charge on any atom is 0.220 e. The first-order valence-corrected chi connectivity index (χ1v) is 7.36. The fourth-order valence-corrected chi connectivity index (χ4v) is 2.36. The topological polar surface area (TPSA) is 32.3 Å². The molecule has 19 heavy (non-hydrogen) atoms. The molecule has 1 rings (SSSR count). The summed E-state index contributed by atoms with van der Waals surface area (Å²) < 4.78 is 12.7. The van der Waals surface area contributed by atoms with E-state index in [0.29, 0.717) is 12.2 Å². The smallest absolute Gasteiger partial charge is 0.220 e. The van der Waals surface area contributed by atoms with Gasteiger partial charge in [-0.15, -0.1) is 11.8 Å². The Labute approximate surface area is 118 Å². The molecule has 0 radical (unpaired) electrons. The van der Waals surface area contributed by atoms with E-state index in [1.54, 1.807) is 23.9 Å². The van der Waals surface area contributed by atoms with E-state index >= 15 is 0 Å². The molecular formula is C14H21FN2OS. The number of carbonyl (C=O) groups is 1. The Morgan fingerprint density at radius 2 is 2.00 bits per heavy atom. The fraction of sp³-hybridized carbons (Fsp3) is 0.500. The van der Waals surface area contributed by atoms with Crippen LogP contribution >= 0.6 is 11.8 Å². The lowest BCUT2D eigenvalue weighted by Crippen LogP contribution is -2.27. The third-order valence-corrected chi connectivity index (χ3v) is 3.53. The zero-order valence-electron chi connectivity index (χ0n) is 11.5. The van der Waals surface area contributed by atoms with Crippen LogP contribution in [0.1, 0.15) is 12.8 Å². The highest BCUT2D eigenvalue weighted by molar-refractivity contribution is 7.99. The van der Waals surface area contributed by atoms with Gasteiger partial charge in [0.05, 0.1) is 0 Å². The number of hydrogen-bond donors (Lipinski definition) is 1. The van der Waals surface area contributed by atoms with Gasteiger partial charge >= 0.3 is 0 Å². The van der Waals surface area contributed by atoms with E-state index in [1.165, 1.54) is 12.1 Å². The van der Waals surface area contributed by atoms with Crippen molar-refractivity contribution in [1.82, 2.24) is 10.2 Å². The maximum atomic E-state index is 12.7. The summed E-state index contributed by atoms with van der Waals surface area (Å²) in [5, 5.41) is 2.89. The second kappa shape index (κ2) is 8.93. The molecule has 0 bridgehead atoms. The lowest BCUT2D eigenvalue weighted by molar-refractivity contribution is -0.120. The van der Waals surface area contributed by atoms with Crippen LogP contribution in [0.25, 0.3) is 0 Å². The highest BCUT2D eigenvalue weighted by atomic mass is 32.2. The molecule has 5 heteroatoms. The van der Waals surface area contributed by atoms with Crippen molar-refractivity contribution < 1.29 is 9.18 Å². The number of nitrogens with one attached hydrogen (secondary N) is 1. The molecule has 0 heterocycles. The first-order chi connectivity index (χ1) is 9.08. The summed E-state index contributed by atoms with van der Waals surface area (Å²) in [6, 6.07) is 6.33. The lowest BCUT2D eigenvalue weighted by atomic mass is 10.3. The third-order valence-electron chi connectivity index (χ3n) is 2.52. The third kappa shape index (κ3) is 7.85. The Hall–Kier alpha value is -1.07. The van der Waals surface area contributed by atoms with Crippen LogP contribution in [0.4, 0.5) is 4.39 Å². The van der Waals surface area contributed by atoms with E-state index in [4.69, 9.17) is 0 Å². The molecule has 106 valence electrons. The number of benzene rings is 1. The number of nitrogens with zero attached hydrogens (tertiary/aromatic N) is 1. The minimum atomic E-state index is -0.233. The highest BCUT2D eigenvalue weighted by Crippen LogP contribution is 2.18. The van der Waals surface area contributed by atoms with Crippen molar-refractivity contribution in [2.45, 2.75) is 17.7 Å². The van der Waals surface area contributed by atoms with Crippen LogP contribution in [0.5, 0.6) is 0 Å². The van der Waals surface area contributed by atoms with E-state index in [-0.39, 0.29) is 11.7 Å². The van der Waals surface area contributed by atoms with Gasteiger partial charge in [0.25, 0.3) is 0 Å². The Bertz CT molecular complexity index is 382. The predicted octanol–water partition coefficient (Wildman–Crippen LogP) is 2.38. The zero-order chi connectivity index (χ0) is 14.1. The van der Waals surface area contributed by atoms with Gasteiger partial charge in [0.1, 0.15) is 5.82 Å². The van der Waals surface area contributed by atoms with Crippen LogP contribution in [0, 0.1) is 5.82 Å². The summed E-state index contributed by atoms with van der Waals surface area (Å²) in [5.41, 5.74) is 0. The molecule has 0 atom stereocenters. The average molecular weight is 284 g/mol. The fourth-order valence-electron chi connectivity index (χ4n) is 1.50. The van der Waals surface area contributed by atoms with Crippen molar-refractivity contribution >= 4 is 17.7 Å². The molecular weight excluding hydrogens is 263 g/mol. The van der Waals surface area contributed by atoms with Crippen LogP contribution in [-0.4, -0.2) is 43.7 Å². The molecule has 3 nitrogen and oxygen atoms in total. The summed E-state index contributed by atoms with van der Waals surface area (Å²) in [6.45, 7) is 1.70.